The summed E-state index contributed by atoms with van der Waals surface area (Å²) in [5, 5.41) is 0. The maximum absolute atomic E-state index is 2.53. The molecule has 0 saturated heterocycles. The fourth-order valence-electron chi connectivity index (χ4n) is 7.31. The van der Waals surface area contributed by atoms with Crippen LogP contribution in [0.25, 0.3) is 45.0 Å². The minimum absolute atomic E-state index is 0.317. The Labute approximate surface area is 205 Å². The third kappa shape index (κ3) is 2.23. The molecular weight excluding hydrogens is 420 g/mol. The molecule has 0 saturated carbocycles. The van der Waals surface area contributed by atoms with Crippen LogP contribution in [0.2, 0.25) is 0 Å². The molecule has 9 rings (SSSR count). The number of benzene rings is 5. The van der Waals surface area contributed by atoms with Gasteiger partial charge >= 0.3 is 0 Å². The maximum atomic E-state index is 2.53. The van der Waals surface area contributed by atoms with Crippen LogP contribution in [0.15, 0.2) is 97.1 Å². The summed E-state index contributed by atoms with van der Waals surface area (Å²) in [4.78, 5) is 0. The van der Waals surface area contributed by atoms with Crippen LogP contribution in [0.3, 0.4) is 0 Å². The van der Waals surface area contributed by atoms with Gasteiger partial charge in [-0.05, 0) is 115 Å². The van der Waals surface area contributed by atoms with E-state index in [-0.39, 0.29) is 0 Å². The van der Waals surface area contributed by atoms with E-state index < -0.39 is 0 Å². The van der Waals surface area contributed by atoms with E-state index in [4.69, 9.17) is 0 Å². The number of hydrogen-bond donors (Lipinski definition) is 0. The Balaban J connectivity index is 1.38. The molecule has 0 spiro atoms. The highest BCUT2D eigenvalue weighted by atomic mass is 14.4. The molecule has 4 aliphatic rings. The van der Waals surface area contributed by atoms with Gasteiger partial charge in [-0.15, -0.1) is 0 Å². The van der Waals surface area contributed by atoms with Crippen LogP contribution in [-0.2, 0) is 12.8 Å². The first-order valence-corrected chi connectivity index (χ1v) is 12.7. The van der Waals surface area contributed by atoms with E-state index in [2.05, 4.69) is 103 Å². The van der Waals surface area contributed by atoms with Crippen LogP contribution in [0.4, 0.5) is 0 Å². The zero-order chi connectivity index (χ0) is 22.7. The second-order valence-corrected chi connectivity index (χ2v) is 10.4. The molecule has 0 heterocycles. The van der Waals surface area contributed by atoms with E-state index >= 15 is 0 Å². The van der Waals surface area contributed by atoms with Gasteiger partial charge in [-0.3, -0.25) is 0 Å². The van der Waals surface area contributed by atoms with Gasteiger partial charge in [-0.1, -0.05) is 84.9 Å². The summed E-state index contributed by atoms with van der Waals surface area (Å²) in [6.45, 7) is 0. The van der Waals surface area contributed by atoms with E-state index in [1.165, 1.54) is 83.5 Å². The highest BCUT2D eigenvalue weighted by Crippen LogP contribution is 2.58. The maximum Gasteiger partial charge on any atom is 0.0358 e. The molecular formula is C35H22. The normalized spacial score (nSPS) is 16.8. The van der Waals surface area contributed by atoms with Gasteiger partial charge in [-0.25, -0.2) is 0 Å². The van der Waals surface area contributed by atoms with Gasteiger partial charge in [0.05, 0.1) is 0 Å². The molecule has 0 heteroatoms. The van der Waals surface area contributed by atoms with Crippen LogP contribution in [0, 0.1) is 0 Å². The SMILES string of the molecule is C1=C2c3cc4c(cc3-c3c(ccc5c3Cc3ccccc3-5)C2c2ccccc21)Cc1ccccc1-4. The second kappa shape index (κ2) is 6.29. The zero-order valence-corrected chi connectivity index (χ0v) is 19.3. The predicted molar refractivity (Wildman–Crippen MR) is 145 cm³/mol. The molecule has 0 aliphatic heterocycles. The summed E-state index contributed by atoms with van der Waals surface area (Å²) in [5.74, 6) is 0.317. The van der Waals surface area contributed by atoms with Gasteiger partial charge in [-0.2, -0.15) is 0 Å². The molecule has 0 nitrogen and oxygen atoms in total. The van der Waals surface area contributed by atoms with Crippen molar-refractivity contribution in [1.82, 2.24) is 0 Å². The van der Waals surface area contributed by atoms with Crippen molar-refractivity contribution in [1.29, 1.82) is 0 Å². The molecule has 5 aromatic carbocycles. The lowest BCUT2D eigenvalue weighted by molar-refractivity contribution is 1.04. The summed E-state index contributed by atoms with van der Waals surface area (Å²) >= 11 is 0. The highest BCUT2D eigenvalue weighted by molar-refractivity contribution is 6.06. The first-order chi connectivity index (χ1) is 17.3. The van der Waals surface area contributed by atoms with Crippen molar-refractivity contribution in [3.05, 3.63) is 142 Å². The Morgan fingerprint density at radius 1 is 0.486 bits per heavy atom. The molecule has 1 unspecified atom stereocenters. The van der Waals surface area contributed by atoms with Crippen LogP contribution < -0.4 is 0 Å². The lowest BCUT2D eigenvalue weighted by atomic mass is 9.72. The van der Waals surface area contributed by atoms with E-state index in [1.54, 1.807) is 0 Å². The summed E-state index contributed by atoms with van der Waals surface area (Å²) in [5.41, 5.74) is 21.7. The first-order valence-electron chi connectivity index (χ1n) is 12.7. The molecule has 1 atom stereocenters. The number of rotatable bonds is 0. The molecule has 0 fully saturated rings. The smallest absolute Gasteiger partial charge is 0.0358 e. The van der Waals surface area contributed by atoms with E-state index in [0.29, 0.717) is 5.92 Å². The van der Waals surface area contributed by atoms with Gasteiger partial charge in [0.2, 0.25) is 0 Å². The molecule has 0 amide bonds. The minimum Gasteiger partial charge on any atom is -0.0619 e. The van der Waals surface area contributed by atoms with Crippen LogP contribution in [0.5, 0.6) is 0 Å². The molecule has 5 aromatic rings. The molecule has 0 aromatic heterocycles. The Morgan fingerprint density at radius 3 is 2.11 bits per heavy atom. The number of allylic oxidation sites excluding steroid dienone is 1. The fourth-order valence-corrected chi connectivity index (χ4v) is 7.31. The lowest BCUT2D eigenvalue weighted by Crippen LogP contribution is -2.12. The monoisotopic (exact) mass is 442 g/mol. The summed E-state index contributed by atoms with van der Waals surface area (Å²) in [7, 11) is 0. The predicted octanol–water partition coefficient (Wildman–Crippen LogP) is 8.50. The van der Waals surface area contributed by atoms with Crippen LogP contribution >= 0.6 is 0 Å². The van der Waals surface area contributed by atoms with Crippen molar-refractivity contribution in [3.8, 4) is 33.4 Å². The Kier molecular flexibility index (Phi) is 3.27. The average Bonchev–Trinajstić information content (AvgIpc) is 3.58. The standard InChI is InChI=1S/C35H22/c1-5-11-25-20(7-1)15-23-18-33-30(19-29(23)25)32-17-22-9-3-6-12-26(22)34(32)28-14-13-27-24-10-4-2-8-21(24)16-31(27)35(28)33/h1-14,17-19,34H,15-16H2. The molecule has 4 aliphatic carbocycles. The molecule has 35 heavy (non-hydrogen) atoms. The minimum atomic E-state index is 0.317. The van der Waals surface area contributed by atoms with Crippen LogP contribution in [0.1, 0.15) is 50.4 Å². The van der Waals surface area contributed by atoms with E-state index in [0.717, 1.165) is 12.8 Å². The lowest BCUT2D eigenvalue weighted by Gasteiger charge is -2.31. The quantitative estimate of drug-likeness (QED) is 0.221. The van der Waals surface area contributed by atoms with Crippen molar-refractivity contribution < 1.29 is 0 Å². The largest absolute Gasteiger partial charge is 0.0619 e. The zero-order valence-electron chi connectivity index (χ0n) is 19.3. The van der Waals surface area contributed by atoms with E-state index in [1.807, 2.05) is 0 Å². The van der Waals surface area contributed by atoms with Crippen molar-refractivity contribution in [2.45, 2.75) is 18.8 Å². The summed E-state index contributed by atoms with van der Waals surface area (Å²) in [6.07, 6.45) is 4.52. The summed E-state index contributed by atoms with van der Waals surface area (Å²) < 4.78 is 0. The average molecular weight is 443 g/mol. The van der Waals surface area contributed by atoms with Gasteiger partial charge in [0, 0.05) is 5.92 Å². The fraction of sp³-hybridized carbons (Fsp3) is 0.0857. The molecule has 0 bridgehead atoms. The third-order valence-corrected chi connectivity index (χ3v) is 8.77. The van der Waals surface area contributed by atoms with Gasteiger partial charge in [0.15, 0.2) is 0 Å². The van der Waals surface area contributed by atoms with Gasteiger partial charge in [0.25, 0.3) is 0 Å². The second-order valence-electron chi connectivity index (χ2n) is 10.4. The summed E-state index contributed by atoms with van der Waals surface area (Å²) in [6, 6.07) is 36.8. The number of hydrogen-bond acceptors (Lipinski definition) is 0. The highest BCUT2D eigenvalue weighted by Gasteiger charge is 2.38. The Bertz CT molecular complexity index is 1800. The molecule has 162 valence electrons. The topological polar surface area (TPSA) is 0 Å². The Morgan fingerprint density at radius 2 is 1.23 bits per heavy atom. The van der Waals surface area contributed by atoms with E-state index in [9.17, 15) is 0 Å². The third-order valence-electron chi connectivity index (χ3n) is 8.77. The van der Waals surface area contributed by atoms with Crippen molar-refractivity contribution >= 4 is 11.6 Å². The van der Waals surface area contributed by atoms with Gasteiger partial charge in [0.1, 0.15) is 0 Å². The van der Waals surface area contributed by atoms with Crippen molar-refractivity contribution in [2.24, 2.45) is 0 Å². The van der Waals surface area contributed by atoms with Gasteiger partial charge < -0.3 is 0 Å². The first kappa shape index (κ1) is 18.2. The van der Waals surface area contributed by atoms with Crippen molar-refractivity contribution in [3.63, 3.8) is 0 Å². The van der Waals surface area contributed by atoms with Crippen molar-refractivity contribution in [2.75, 3.05) is 0 Å². The Hall–Kier alpha value is -4.16. The van der Waals surface area contributed by atoms with Crippen LogP contribution in [-0.4, -0.2) is 0 Å². The molecule has 0 radical (unpaired) electrons. The molecule has 0 N–H and O–H groups in total. The number of fused-ring (bicyclic) bond motifs is 15.